The lowest BCUT2D eigenvalue weighted by atomic mass is 9.54. The zero-order chi connectivity index (χ0) is 19.9. The smallest absolute Gasteiger partial charge is 0.241 e. The molecule has 3 N–H and O–H groups in total. The molecule has 1 amide bonds. The Hall–Kier alpha value is -0.850. The van der Waals surface area contributed by atoms with Crippen LogP contribution in [-0.2, 0) is 16.1 Å². The first-order valence-corrected chi connectivity index (χ1v) is 10.9. The largest absolute Gasteiger partial charge is 0.378 e. The number of nitrogens with zero attached hydrogens (tertiary/aromatic N) is 1. The van der Waals surface area contributed by atoms with Gasteiger partial charge >= 0.3 is 0 Å². The summed E-state index contributed by atoms with van der Waals surface area (Å²) in [7, 11) is 0. The number of fused-ring (bicyclic) bond motifs is 2. The van der Waals surface area contributed by atoms with Gasteiger partial charge < -0.3 is 15.8 Å². The molecule has 3 fully saturated rings. The van der Waals surface area contributed by atoms with Crippen LogP contribution in [-0.4, -0.2) is 47.2 Å². The summed E-state index contributed by atoms with van der Waals surface area (Å²) < 4.78 is 5.78. The van der Waals surface area contributed by atoms with E-state index in [4.69, 9.17) is 10.5 Å². The Bertz CT molecular complexity index is 704. The van der Waals surface area contributed by atoms with Gasteiger partial charge in [0.1, 0.15) is 5.54 Å². The molecule has 3 aliphatic rings. The van der Waals surface area contributed by atoms with Crippen molar-refractivity contribution in [1.29, 1.82) is 0 Å². The molecule has 0 spiro atoms. The Morgan fingerprint density at radius 1 is 1.17 bits per heavy atom. The first kappa shape index (κ1) is 25.4. The summed E-state index contributed by atoms with van der Waals surface area (Å²) in [6.45, 7) is 7.78. The maximum atomic E-state index is 13.1. The maximum absolute atomic E-state index is 13.1. The molecule has 1 saturated carbocycles. The van der Waals surface area contributed by atoms with Crippen molar-refractivity contribution in [3.8, 4) is 0 Å². The van der Waals surface area contributed by atoms with Crippen molar-refractivity contribution < 1.29 is 9.53 Å². The number of hydrogen-bond acceptors (Lipinski definition) is 4. The first-order chi connectivity index (χ1) is 13.3. The fourth-order valence-electron chi connectivity index (χ4n) is 5.58. The third-order valence-electron chi connectivity index (χ3n) is 7.66. The Balaban J connectivity index is 0.00000160. The van der Waals surface area contributed by atoms with Crippen molar-refractivity contribution in [1.82, 2.24) is 10.2 Å². The number of hydrogen-bond donors (Lipinski definition) is 2. The van der Waals surface area contributed by atoms with Gasteiger partial charge in [0.15, 0.2) is 0 Å². The fourth-order valence-corrected chi connectivity index (χ4v) is 5.58. The Morgan fingerprint density at radius 3 is 2.30 bits per heavy atom. The van der Waals surface area contributed by atoms with Gasteiger partial charge in [0.2, 0.25) is 5.91 Å². The fraction of sp³-hybridized carbons (Fsp3) is 0.696. The third-order valence-corrected chi connectivity index (χ3v) is 7.66. The number of amides is 1. The minimum absolute atomic E-state index is 0. The van der Waals surface area contributed by atoms with Gasteiger partial charge in [-0.05, 0) is 38.2 Å². The lowest BCUT2D eigenvalue weighted by Gasteiger charge is -2.58. The van der Waals surface area contributed by atoms with Gasteiger partial charge in [-0.15, -0.1) is 24.8 Å². The Kier molecular flexibility index (Phi) is 8.25. The number of carbonyl (C=O) groups excluding carboxylic acids is 1. The topological polar surface area (TPSA) is 67.6 Å². The number of rotatable bonds is 6. The van der Waals surface area contributed by atoms with E-state index in [1.54, 1.807) is 0 Å². The summed E-state index contributed by atoms with van der Waals surface area (Å²) in [5.41, 5.74) is 6.79. The molecule has 2 bridgehead atoms. The van der Waals surface area contributed by atoms with E-state index in [0.29, 0.717) is 25.1 Å². The van der Waals surface area contributed by atoms with Crippen molar-refractivity contribution >= 4 is 30.7 Å². The molecule has 1 aromatic carbocycles. The molecular formula is C23H37Cl2N3O2. The maximum Gasteiger partial charge on any atom is 0.241 e. The van der Waals surface area contributed by atoms with E-state index in [1.165, 1.54) is 18.4 Å². The molecule has 1 aromatic rings. The van der Waals surface area contributed by atoms with E-state index >= 15 is 0 Å². The van der Waals surface area contributed by atoms with Crippen molar-refractivity contribution in [2.24, 2.45) is 11.1 Å². The molecule has 0 radical (unpaired) electrons. The van der Waals surface area contributed by atoms with Gasteiger partial charge in [0, 0.05) is 43.1 Å². The van der Waals surface area contributed by atoms with E-state index in [1.807, 2.05) is 6.92 Å². The molecule has 0 aromatic heterocycles. The molecule has 2 saturated heterocycles. The third kappa shape index (κ3) is 4.37. The van der Waals surface area contributed by atoms with Crippen LogP contribution in [0.1, 0.15) is 58.4 Å². The molecular weight excluding hydrogens is 421 g/mol. The molecule has 1 aliphatic carbocycles. The lowest BCUT2D eigenvalue weighted by molar-refractivity contribution is -0.171. The molecule has 170 valence electrons. The van der Waals surface area contributed by atoms with Crippen LogP contribution in [0.4, 0.5) is 0 Å². The van der Waals surface area contributed by atoms with Crippen molar-refractivity contribution in [2.75, 3.05) is 6.61 Å². The number of piperidine rings is 1. The van der Waals surface area contributed by atoms with E-state index in [-0.39, 0.29) is 48.3 Å². The normalized spacial score (nSPS) is 34.3. The van der Waals surface area contributed by atoms with Crippen molar-refractivity contribution in [3.05, 3.63) is 35.9 Å². The molecule has 7 heteroatoms. The summed E-state index contributed by atoms with van der Waals surface area (Å²) in [5.74, 6) is 0.00867. The summed E-state index contributed by atoms with van der Waals surface area (Å²) in [5, 5.41) is 3.32. The minimum Gasteiger partial charge on any atom is -0.378 e. The average molecular weight is 458 g/mol. The summed E-state index contributed by atoms with van der Waals surface area (Å²) in [6.07, 6.45) is 5.20. The second-order valence-corrected chi connectivity index (χ2v) is 9.53. The summed E-state index contributed by atoms with van der Waals surface area (Å²) >= 11 is 0. The number of ether oxygens (including phenoxy) is 1. The van der Waals surface area contributed by atoms with Crippen LogP contribution < -0.4 is 11.1 Å². The van der Waals surface area contributed by atoms with Crippen LogP contribution in [0.25, 0.3) is 0 Å². The van der Waals surface area contributed by atoms with Crippen LogP contribution in [0.3, 0.4) is 0 Å². The minimum atomic E-state index is -0.826. The lowest BCUT2D eigenvalue weighted by Crippen LogP contribution is -2.76. The predicted molar refractivity (Wildman–Crippen MR) is 125 cm³/mol. The summed E-state index contributed by atoms with van der Waals surface area (Å²) in [6, 6.07) is 12.1. The van der Waals surface area contributed by atoms with E-state index in [9.17, 15) is 4.79 Å². The van der Waals surface area contributed by atoms with Gasteiger partial charge in [-0.2, -0.15) is 0 Å². The van der Waals surface area contributed by atoms with Gasteiger partial charge in [-0.1, -0.05) is 44.2 Å². The highest BCUT2D eigenvalue weighted by Crippen LogP contribution is 2.50. The van der Waals surface area contributed by atoms with E-state index < -0.39 is 5.54 Å². The van der Waals surface area contributed by atoms with Crippen molar-refractivity contribution in [3.63, 3.8) is 0 Å². The number of carbonyl (C=O) groups is 1. The number of nitrogens with two attached hydrogens (primary N) is 1. The van der Waals surface area contributed by atoms with Crippen LogP contribution in [0.5, 0.6) is 0 Å². The molecule has 30 heavy (non-hydrogen) atoms. The van der Waals surface area contributed by atoms with Crippen LogP contribution >= 0.6 is 24.8 Å². The van der Waals surface area contributed by atoms with Gasteiger partial charge in [-0.3, -0.25) is 9.69 Å². The van der Waals surface area contributed by atoms with E-state index in [0.717, 1.165) is 19.4 Å². The average Bonchev–Trinajstić information content (AvgIpc) is 2.90. The van der Waals surface area contributed by atoms with Gasteiger partial charge in [0.25, 0.3) is 0 Å². The van der Waals surface area contributed by atoms with Crippen LogP contribution in [0.15, 0.2) is 30.3 Å². The molecule has 4 atom stereocenters. The zero-order valence-corrected chi connectivity index (χ0v) is 19.9. The summed E-state index contributed by atoms with van der Waals surface area (Å²) in [4.78, 5) is 15.7. The second kappa shape index (κ2) is 9.74. The molecule has 2 aliphatic heterocycles. The van der Waals surface area contributed by atoms with Crippen molar-refractivity contribution in [2.45, 2.75) is 89.2 Å². The van der Waals surface area contributed by atoms with E-state index in [2.05, 4.69) is 54.4 Å². The Labute approximate surface area is 193 Å². The highest BCUT2D eigenvalue weighted by atomic mass is 35.5. The molecule has 2 heterocycles. The zero-order valence-electron chi connectivity index (χ0n) is 18.3. The molecule has 5 nitrogen and oxygen atoms in total. The monoisotopic (exact) mass is 457 g/mol. The van der Waals surface area contributed by atoms with Crippen LogP contribution in [0.2, 0.25) is 0 Å². The highest BCUT2D eigenvalue weighted by molar-refractivity contribution is 5.89. The first-order valence-electron chi connectivity index (χ1n) is 10.9. The predicted octanol–water partition coefficient (Wildman–Crippen LogP) is 3.67. The number of benzene rings is 1. The molecule has 4 unspecified atom stereocenters. The highest BCUT2D eigenvalue weighted by Gasteiger charge is 2.63. The van der Waals surface area contributed by atoms with Gasteiger partial charge in [0.05, 0.1) is 6.10 Å². The second-order valence-electron chi connectivity index (χ2n) is 9.53. The van der Waals surface area contributed by atoms with Gasteiger partial charge in [-0.25, -0.2) is 0 Å². The SMILES string of the molecule is CCOC1CC(N)(C(=O)NC2CC3CCC(C2)N3Cc2ccccc2)C1(C)C.Cl.Cl. The quantitative estimate of drug-likeness (QED) is 0.683. The van der Waals surface area contributed by atoms with Crippen LogP contribution in [0, 0.1) is 5.41 Å². The number of nitrogens with one attached hydrogen (secondary N) is 1. The number of halogens is 2. The standard InChI is InChI=1S/C23H35N3O2.2ClH/c1-4-28-20-14-23(24,22(20,2)3)21(27)25-17-12-18-10-11-19(13-17)26(18)15-16-8-6-5-7-9-16;;/h5-9,17-20H,4,10-15,24H2,1-3H3,(H,25,27);2*1H. The Morgan fingerprint density at radius 2 is 1.77 bits per heavy atom. The molecule has 4 rings (SSSR count).